The molecule has 0 bridgehead atoms. The van der Waals surface area contributed by atoms with E-state index < -0.39 is 0 Å². The lowest BCUT2D eigenvalue weighted by Crippen LogP contribution is -2.39. The number of halogens is 1. The molecule has 0 aliphatic heterocycles. The molecule has 0 fully saturated rings. The predicted octanol–water partition coefficient (Wildman–Crippen LogP) is 3.44. The summed E-state index contributed by atoms with van der Waals surface area (Å²) in [6, 6.07) is 7.92. The van der Waals surface area contributed by atoms with Crippen molar-refractivity contribution in [2.75, 3.05) is 6.61 Å². The van der Waals surface area contributed by atoms with E-state index in [0.717, 1.165) is 16.5 Å². The van der Waals surface area contributed by atoms with Crippen LogP contribution in [-0.2, 0) is 9.53 Å². The third kappa shape index (κ3) is 4.42. The van der Waals surface area contributed by atoms with Gasteiger partial charge in [-0.3, -0.25) is 10.1 Å². The van der Waals surface area contributed by atoms with Gasteiger partial charge in [0.1, 0.15) is 6.04 Å². The van der Waals surface area contributed by atoms with E-state index in [9.17, 15) is 4.79 Å². The Morgan fingerprint density at radius 2 is 2.17 bits per heavy atom. The van der Waals surface area contributed by atoms with Crippen molar-refractivity contribution in [3.63, 3.8) is 0 Å². The molecule has 0 aliphatic rings. The van der Waals surface area contributed by atoms with E-state index in [2.05, 4.69) is 27.3 Å². The number of nitrogens with one attached hydrogen (secondary N) is 1. The zero-order valence-corrected chi connectivity index (χ0v) is 12.7. The summed E-state index contributed by atoms with van der Waals surface area (Å²) in [6.45, 7) is 6.26. The lowest BCUT2D eigenvalue weighted by molar-refractivity contribution is -0.145. The average molecular weight is 314 g/mol. The average Bonchev–Trinajstić information content (AvgIpc) is 2.35. The molecule has 0 heterocycles. The largest absolute Gasteiger partial charge is 0.465 e. The Morgan fingerprint density at radius 3 is 2.72 bits per heavy atom. The first-order chi connectivity index (χ1) is 8.58. The minimum atomic E-state index is -0.251. The van der Waals surface area contributed by atoms with E-state index in [4.69, 9.17) is 4.74 Å². The fourth-order valence-corrected chi connectivity index (χ4v) is 2.19. The van der Waals surface area contributed by atoms with E-state index in [1.165, 1.54) is 0 Å². The van der Waals surface area contributed by atoms with Gasteiger partial charge >= 0.3 is 5.97 Å². The molecular formula is C14H20BrNO2. The van der Waals surface area contributed by atoms with Crippen LogP contribution in [-0.4, -0.2) is 18.6 Å². The molecule has 4 heteroatoms. The van der Waals surface area contributed by atoms with Gasteiger partial charge in [-0.05, 0) is 38.0 Å². The SMILES string of the molecule is CCOC(=O)C(CC)N[C@@H](C)c1cccc(Br)c1. The molecule has 18 heavy (non-hydrogen) atoms. The Morgan fingerprint density at radius 1 is 1.44 bits per heavy atom. The van der Waals surface area contributed by atoms with E-state index in [1.807, 2.05) is 39.0 Å². The number of ether oxygens (including phenoxy) is 1. The molecule has 0 saturated carbocycles. The van der Waals surface area contributed by atoms with Crippen LogP contribution in [0.15, 0.2) is 28.7 Å². The van der Waals surface area contributed by atoms with Gasteiger partial charge in [0.2, 0.25) is 0 Å². The first kappa shape index (κ1) is 15.2. The fourth-order valence-electron chi connectivity index (χ4n) is 1.77. The fraction of sp³-hybridized carbons (Fsp3) is 0.500. The molecule has 1 N–H and O–H groups in total. The second-order valence-corrected chi connectivity index (χ2v) is 5.07. The Kier molecular flexibility index (Phi) is 6.36. The zero-order valence-electron chi connectivity index (χ0n) is 11.1. The van der Waals surface area contributed by atoms with Gasteiger partial charge in [0, 0.05) is 10.5 Å². The highest BCUT2D eigenvalue weighted by molar-refractivity contribution is 9.10. The van der Waals surface area contributed by atoms with E-state index >= 15 is 0 Å². The summed E-state index contributed by atoms with van der Waals surface area (Å²) >= 11 is 3.45. The molecule has 0 radical (unpaired) electrons. The standard InChI is InChI=1S/C14H20BrNO2/c1-4-13(14(17)18-5-2)16-10(3)11-7-6-8-12(15)9-11/h6-10,13,16H,4-5H2,1-3H3/t10-,13?/m0/s1. The molecular weight excluding hydrogens is 294 g/mol. The summed E-state index contributed by atoms with van der Waals surface area (Å²) in [7, 11) is 0. The van der Waals surface area contributed by atoms with Crippen molar-refractivity contribution in [2.45, 2.75) is 39.3 Å². The zero-order chi connectivity index (χ0) is 13.5. The molecule has 0 saturated heterocycles. The van der Waals surface area contributed by atoms with Crippen molar-refractivity contribution in [1.82, 2.24) is 5.32 Å². The number of carbonyl (C=O) groups excluding carboxylic acids is 1. The van der Waals surface area contributed by atoms with Crippen molar-refractivity contribution in [3.05, 3.63) is 34.3 Å². The first-order valence-electron chi connectivity index (χ1n) is 6.26. The van der Waals surface area contributed by atoms with E-state index in [1.54, 1.807) is 0 Å². The third-order valence-electron chi connectivity index (χ3n) is 2.78. The van der Waals surface area contributed by atoms with Crippen LogP contribution in [0.4, 0.5) is 0 Å². The molecule has 3 nitrogen and oxygen atoms in total. The summed E-state index contributed by atoms with van der Waals surface area (Å²) in [5.74, 6) is -0.179. The van der Waals surface area contributed by atoms with Crippen LogP contribution in [0.25, 0.3) is 0 Å². The molecule has 100 valence electrons. The first-order valence-corrected chi connectivity index (χ1v) is 7.05. The lowest BCUT2D eigenvalue weighted by Gasteiger charge is -2.21. The van der Waals surface area contributed by atoms with Gasteiger partial charge in [-0.2, -0.15) is 0 Å². The highest BCUT2D eigenvalue weighted by atomic mass is 79.9. The van der Waals surface area contributed by atoms with E-state index in [0.29, 0.717) is 6.61 Å². The lowest BCUT2D eigenvalue weighted by atomic mass is 10.1. The van der Waals surface area contributed by atoms with Crippen LogP contribution in [0.1, 0.15) is 38.8 Å². The van der Waals surface area contributed by atoms with Crippen LogP contribution in [0.3, 0.4) is 0 Å². The maximum absolute atomic E-state index is 11.7. The number of benzene rings is 1. The Bertz CT molecular complexity index is 395. The minimum Gasteiger partial charge on any atom is -0.465 e. The summed E-state index contributed by atoms with van der Waals surface area (Å²) < 4.78 is 6.08. The third-order valence-corrected chi connectivity index (χ3v) is 3.27. The van der Waals surface area contributed by atoms with Gasteiger partial charge in [-0.1, -0.05) is 35.0 Å². The highest BCUT2D eigenvalue weighted by Gasteiger charge is 2.20. The number of hydrogen-bond donors (Lipinski definition) is 1. The molecule has 1 rings (SSSR count). The van der Waals surface area contributed by atoms with Gasteiger partial charge in [0.05, 0.1) is 6.61 Å². The number of rotatable bonds is 6. The number of carbonyl (C=O) groups is 1. The van der Waals surface area contributed by atoms with Crippen LogP contribution in [0.2, 0.25) is 0 Å². The summed E-state index contributed by atoms with van der Waals surface area (Å²) in [5.41, 5.74) is 1.15. The smallest absolute Gasteiger partial charge is 0.323 e. The Hall–Kier alpha value is -0.870. The summed E-state index contributed by atoms with van der Waals surface area (Å²) in [4.78, 5) is 11.7. The Balaban J connectivity index is 2.67. The molecule has 1 unspecified atom stereocenters. The minimum absolute atomic E-state index is 0.108. The van der Waals surface area contributed by atoms with Crippen LogP contribution in [0, 0.1) is 0 Å². The molecule has 0 amide bonds. The summed E-state index contributed by atoms with van der Waals surface area (Å²) in [5, 5.41) is 3.30. The molecule has 0 aromatic heterocycles. The predicted molar refractivity (Wildman–Crippen MR) is 76.4 cm³/mol. The van der Waals surface area contributed by atoms with Crippen molar-refractivity contribution < 1.29 is 9.53 Å². The topological polar surface area (TPSA) is 38.3 Å². The van der Waals surface area contributed by atoms with Gasteiger partial charge in [-0.25, -0.2) is 0 Å². The molecule has 1 aromatic rings. The van der Waals surface area contributed by atoms with Crippen molar-refractivity contribution in [1.29, 1.82) is 0 Å². The van der Waals surface area contributed by atoms with Gasteiger partial charge in [-0.15, -0.1) is 0 Å². The van der Waals surface area contributed by atoms with Crippen molar-refractivity contribution in [2.24, 2.45) is 0 Å². The molecule has 2 atom stereocenters. The second kappa shape index (κ2) is 7.54. The van der Waals surface area contributed by atoms with Gasteiger partial charge in [0.25, 0.3) is 0 Å². The van der Waals surface area contributed by atoms with Crippen LogP contribution >= 0.6 is 15.9 Å². The van der Waals surface area contributed by atoms with Crippen molar-refractivity contribution >= 4 is 21.9 Å². The monoisotopic (exact) mass is 313 g/mol. The quantitative estimate of drug-likeness (QED) is 0.818. The van der Waals surface area contributed by atoms with Gasteiger partial charge in [0.15, 0.2) is 0 Å². The summed E-state index contributed by atoms with van der Waals surface area (Å²) in [6.07, 6.45) is 0.719. The number of esters is 1. The maximum Gasteiger partial charge on any atom is 0.323 e. The second-order valence-electron chi connectivity index (χ2n) is 4.16. The normalized spacial score (nSPS) is 14.0. The molecule has 1 aromatic carbocycles. The van der Waals surface area contributed by atoms with Crippen LogP contribution in [0.5, 0.6) is 0 Å². The maximum atomic E-state index is 11.7. The highest BCUT2D eigenvalue weighted by Crippen LogP contribution is 2.18. The number of hydrogen-bond acceptors (Lipinski definition) is 3. The van der Waals surface area contributed by atoms with Crippen molar-refractivity contribution in [3.8, 4) is 0 Å². The van der Waals surface area contributed by atoms with E-state index in [-0.39, 0.29) is 18.1 Å². The molecule has 0 aliphatic carbocycles. The van der Waals surface area contributed by atoms with Crippen LogP contribution < -0.4 is 5.32 Å². The van der Waals surface area contributed by atoms with Gasteiger partial charge < -0.3 is 4.74 Å². The Labute approximate surface area is 117 Å². The molecule has 0 spiro atoms.